The van der Waals surface area contributed by atoms with Crippen LogP contribution in [0.3, 0.4) is 0 Å². The molecule has 0 aromatic heterocycles. The van der Waals surface area contributed by atoms with Gasteiger partial charge in [0.05, 0.1) is 6.07 Å². The molecule has 0 spiro atoms. The zero-order chi connectivity index (χ0) is 13.4. The highest BCUT2D eigenvalue weighted by Crippen LogP contribution is 2.28. The molecule has 0 aromatic rings. The van der Waals surface area contributed by atoms with Crippen molar-refractivity contribution in [2.24, 2.45) is 11.8 Å². The van der Waals surface area contributed by atoms with E-state index in [1.807, 2.05) is 0 Å². The van der Waals surface area contributed by atoms with Gasteiger partial charge >= 0.3 is 11.8 Å². The summed E-state index contributed by atoms with van der Waals surface area (Å²) >= 11 is 0. The summed E-state index contributed by atoms with van der Waals surface area (Å²) in [7, 11) is 0. The Labute approximate surface area is 106 Å². The summed E-state index contributed by atoms with van der Waals surface area (Å²) in [5.41, 5.74) is 0. The van der Waals surface area contributed by atoms with Crippen LogP contribution in [0.2, 0.25) is 0 Å². The zero-order valence-electron chi connectivity index (χ0n) is 10.3. The number of rotatable bonds is 4. The van der Waals surface area contributed by atoms with Crippen LogP contribution < -0.4 is 10.6 Å². The summed E-state index contributed by atoms with van der Waals surface area (Å²) in [6.45, 7) is 0.361. The van der Waals surface area contributed by atoms with Gasteiger partial charge in [-0.2, -0.15) is 5.26 Å². The summed E-state index contributed by atoms with van der Waals surface area (Å²) < 4.78 is 0. The van der Waals surface area contributed by atoms with Crippen molar-refractivity contribution in [2.45, 2.75) is 25.7 Å². The first-order chi connectivity index (χ1) is 8.69. The van der Waals surface area contributed by atoms with Crippen molar-refractivity contribution < 1.29 is 14.7 Å². The highest BCUT2D eigenvalue weighted by atomic mass is 16.3. The maximum absolute atomic E-state index is 11.4. The lowest BCUT2D eigenvalue weighted by Gasteiger charge is -2.30. The van der Waals surface area contributed by atoms with Crippen molar-refractivity contribution >= 4 is 11.8 Å². The van der Waals surface area contributed by atoms with E-state index in [4.69, 9.17) is 5.26 Å². The molecule has 6 heteroatoms. The van der Waals surface area contributed by atoms with Crippen molar-refractivity contribution in [3.05, 3.63) is 0 Å². The van der Waals surface area contributed by atoms with Gasteiger partial charge in [0.1, 0.15) is 6.54 Å². The fourth-order valence-corrected chi connectivity index (χ4v) is 2.30. The van der Waals surface area contributed by atoms with Gasteiger partial charge in [-0.15, -0.1) is 0 Å². The molecule has 2 amide bonds. The van der Waals surface area contributed by atoms with Crippen LogP contribution in [-0.4, -0.2) is 36.6 Å². The van der Waals surface area contributed by atoms with Crippen LogP contribution in [0.15, 0.2) is 0 Å². The molecule has 18 heavy (non-hydrogen) atoms. The molecule has 0 aliphatic heterocycles. The zero-order valence-corrected chi connectivity index (χ0v) is 10.3. The summed E-state index contributed by atoms with van der Waals surface area (Å²) in [5, 5.41) is 22.2. The average Bonchev–Trinajstić information content (AvgIpc) is 2.42. The van der Waals surface area contributed by atoms with Crippen LogP contribution in [-0.2, 0) is 9.59 Å². The molecule has 0 heterocycles. The number of nitrogens with zero attached hydrogens (tertiary/aromatic N) is 1. The number of nitriles is 1. The van der Waals surface area contributed by atoms with Gasteiger partial charge in [-0.1, -0.05) is 12.8 Å². The minimum atomic E-state index is -0.784. The van der Waals surface area contributed by atoms with E-state index in [1.54, 1.807) is 6.07 Å². The number of aliphatic hydroxyl groups excluding tert-OH is 1. The Balaban J connectivity index is 2.32. The first-order valence-electron chi connectivity index (χ1n) is 6.23. The summed E-state index contributed by atoms with van der Waals surface area (Å²) in [6, 6.07) is 1.73. The highest BCUT2D eigenvalue weighted by Gasteiger charge is 2.25. The summed E-state index contributed by atoms with van der Waals surface area (Å²) in [6.07, 6.45) is 4.14. The maximum atomic E-state index is 11.4. The molecule has 0 radical (unpaired) electrons. The Kier molecular flexibility index (Phi) is 6.15. The van der Waals surface area contributed by atoms with E-state index < -0.39 is 11.8 Å². The molecule has 0 saturated heterocycles. The van der Waals surface area contributed by atoms with Crippen LogP contribution in [0.4, 0.5) is 0 Å². The number of carbonyl (C=O) groups excluding carboxylic acids is 2. The van der Waals surface area contributed by atoms with Crippen LogP contribution in [0.5, 0.6) is 0 Å². The molecule has 1 aliphatic rings. The minimum Gasteiger partial charge on any atom is -0.396 e. The van der Waals surface area contributed by atoms with Crippen LogP contribution >= 0.6 is 0 Å². The minimum absolute atomic E-state index is 0.126. The summed E-state index contributed by atoms with van der Waals surface area (Å²) in [5.74, 6) is -1.06. The number of carbonyl (C=O) groups is 2. The monoisotopic (exact) mass is 253 g/mol. The molecule has 100 valence electrons. The fraction of sp³-hybridized carbons (Fsp3) is 0.750. The second kappa shape index (κ2) is 7.67. The van der Waals surface area contributed by atoms with E-state index >= 15 is 0 Å². The quantitative estimate of drug-likeness (QED) is 0.466. The van der Waals surface area contributed by atoms with Gasteiger partial charge in [0.25, 0.3) is 0 Å². The van der Waals surface area contributed by atoms with Crippen LogP contribution in [0.1, 0.15) is 25.7 Å². The van der Waals surface area contributed by atoms with E-state index in [9.17, 15) is 14.7 Å². The van der Waals surface area contributed by atoms with Gasteiger partial charge in [-0.05, 0) is 24.7 Å². The van der Waals surface area contributed by atoms with Crippen molar-refractivity contribution in [1.29, 1.82) is 5.26 Å². The lowest BCUT2D eigenvalue weighted by atomic mass is 9.79. The third kappa shape index (κ3) is 4.34. The van der Waals surface area contributed by atoms with Crippen molar-refractivity contribution in [3.63, 3.8) is 0 Å². The molecule has 1 saturated carbocycles. The smallest absolute Gasteiger partial charge is 0.310 e. The molecule has 0 aromatic carbocycles. The Morgan fingerprint density at radius 3 is 2.39 bits per heavy atom. The molecule has 1 fully saturated rings. The molecule has 6 nitrogen and oxygen atoms in total. The van der Waals surface area contributed by atoms with Gasteiger partial charge in [0.15, 0.2) is 0 Å². The third-order valence-corrected chi connectivity index (χ3v) is 3.36. The van der Waals surface area contributed by atoms with Gasteiger partial charge < -0.3 is 15.7 Å². The van der Waals surface area contributed by atoms with E-state index in [1.165, 1.54) is 0 Å². The fourth-order valence-electron chi connectivity index (χ4n) is 2.30. The Morgan fingerprint density at radius 2 is 1.78 bits per heavy atom. The van der Waals surface area contributed by atoms with Crippen molar-refractivity contribution in [3.8, 4) is 6.07 Å². The number of hydrogen-bond acceptors (Lipinski definition) is 4. The maximum Gasteiger partial charge on any atom is 0.310 e. The Morgan fingerprint density at radius 1 is 1.17 bits per heavy atom. The van der Waals surface area contributed by atoms with Crippen molar-refractivity contribution in [2.75, 3.05) is 19.7 Å². The third-order valence-electron chi connectivity index (χ3n) is 3.36. The van der Waals surface area contributed by atoms with Crippen molar-refractivity contribution in [1.82, 2.24) is 10.6 Å². The SMILES string of the molecule is N#CCNC(=O)C(=O)NCC1CCCCC1CO. The highest BCUT2D eigenvalue weighted by molar-refractivity contribution is 6.35. The second-order valence-electron chi connectivity index (χ2n) is 4.54. The predicted octanol–water partition coefficient (Wildman–Crippen LogP) is -0.459. The first kappa shape index (κ1) is 14.5. The van der Waals surface area contributed by atoms with Gasteiger partial charge in [0, 0.05) is 13.2 Å². The number of nitrogens with one attached hydrogen (secondary N) is 2. The lowest BCUT2D eigenvalue weighted by molar-refractivity contribution is -0.139. The van der Waals surface area contributed by atoms with E-state index in [2.05, 4.69) is 10.6 Å². The van der Waals surface area contributed by atoms with E-state index in [-0.39, 0.29) is 25.0 Å². The molecule has 1 rings (SSSR count). The van der Waals surface area contributed by atoms with E-state index in [0.29, 0.717) is 6.54 Å². The second-order valence-corrected chi connectivity index (χ2v) is 4.54. The lowest BCUT2D eigenvalue weighted by Crippen LogP contribution is -2.43. The molecular weight excluding hydrogens is 234 g/mol. The number of hydrogen-bond donors (Lipinski definition) is 3. The topological polar surface area (TPSA) is 102 Å². The molecule has 2 atom stereocenters. The molecule has 0 bridgehead atoms. The summed E-state index contributed by atoms with van der Waals surface area (Å²) in [4.78, 5) is 22.6. The standard InChI is InChI=1S/C12H19N3O3/c13-5-6-14-11(17)12(18)15-7-9-3-1-2-4-10(9)8-16/h9-10,16H,1-4,6-8H2,(H,14,17)(H,15,18). The molecule has 1 aliphatic carbocycles. The average molecular weight is 253 g/mol. The molecule has 2 unspecified atom stereocenters. The predicted molar refractivity (Wildman–Crippen MR) is 64.2 cm³/mol. The van der Waals surface area contributed by atoms with Crippen LogP contribution in [0, 0.1) is 23.2 Å². The molecule has 3 N–H and O–H groups in total. The van der Waals surface area contributed by atoms with Gasteiger partial charge in [-0.3, -0.25) is 9.59 Å². The Bertz CT molecular complexity index is 338. The normalized spacial score (nSPS) is 22.9. The number of aliphatic hydroxyl groups is 1. The van der Waals surface area contributed by atoms with Crippen LogP contribution in [0.25, 0.3) is 0 Å². The first-order valence-corrected chi connectivity index (χ1v) is 6.23. The largest absolute Gasteiger partial charge is 0.396 e. The van der Waals surface area contributed by atoms with Gasteiger partial charge in [-0.25, -0.2) is 0 Å². The van der Waals surface area contributed by atoms with E-state index in [0.717, 1.165) is 25.7 Å². The molecular formula is C12H19N3O3. The number of amides is 2. The Hall–Kier alpha value is -1.61. The van der Waals surface area contributed by atoms with Gasteiger partial charge in [0.2, 0.25) is 0 Å².